The number of rotatable bonds is 3. The maximum absolute atomic E-state index is 12.7. The Balaban J connectivity index is 1.42. The molecule has 8 heteroatoms. The molecule has 1 aromatic carbocycles. The van der Waals surface area contributed by atoms with E-state index in [1.807, 2.05) is 42.2 Å². The van der Waals surface area contributed by atoms with Gasteiger partial charge in [0, 0.05) is 61.1 Å². The largest absolute Gasteiger partial charge is 0.378 e. The van der Waals surface area contributed by atoms with E-state index in [9.17, 15) is 4.79 Å². The summed E-state index contributed by atoms with van der Waals surface area (Å²) in [5.74, 6) is 1.79. The fraction of sp³-hybridized carbons (Fsp3) is 0.450. The van der Waals surface area contributed by atoms with Gasteiger partial charge in [0.05, 0.1) is 13.2 Å². The molecule has 0 saturated carbocycles. The van der Waals surface area contributed by atoms with Crippen LogP contribution in [0.4, 0.5) is 11.8 Å². The number of anilines is 2. The number of piperazine rings is 1. The fourth-order valence-electron chi connectivity index (χ4n) is 3.52. The van der Waals surface area contributed by atoms with Gasteiger partial charge in [0.25, 0.3) is 5.91 Å². The first-order valence-corrected chi connectivity index (χ1v) is 10.4. The SMILES string of the molecule is Cc1cc(N2CCN(C(=O)c3ccc(Br)cc3)CC2)nc(N2CCOCC2)n1. The molecule has 1 amide bonds. The van der Waals surface area contributed by atoms with Gasteiger partial charge in [0.1, 0.15) is 5.82 Å². The Morgan fingerprint density at radius 2 is 1.64 bits per heavy atom. The lowest BCUT2D eigenvalue weighted by Gasteiger charge is -2.36. The number of ether oxygens (including phenoxy) is 1. The summed E-state index contributed by atoms with van der Waals surface area (Å²) in [6, 6.07) is 9.55. The predicted molar refractivity (Wildman–Crippen MR) is 112 cm³/mol. The van der Waals surface area contributed by atoms with E-state index >= 15 is 0 Å². The van der Waals surface area contributed by atoms with Crippen LogP contribution in [-0.2, 0) is 4.74 Å². The van der Waals surface area contributed by atoms with Gasteiger partial charge < -0.3 is 19.4 Å². The number of aromatic nitrogens is 2. The van der Waals surface area contributed by atoms with Gasteiger partial charge in [-0.1, -0.05) is 15.9 Å². The third kappa shape index (κ3) is 4.28. The van der Waals surface area contributed by atoms with Crippen LogP contribution in [0.3, 0.4) is 0 Å². The van der Waals surface area contributed by atoms with Crippen molar-refractivity contribution in [3.05, 3.63) is 46.1 Å². The number of benzene rings is 1. The third-order valence-electron chi connectivity index (χ3n) is 5.10. The van der Waals surface area contributed by atoms with Gasteiger partial charge >= 0.3 is 0 Å². The van der Waals surface area contributed by atoms with Crippen molar-refractivity contribution in [1.82, 2.24) is 14.9 Å². The lowest BCUT2D eigenvalue weighted by Crippen LogP contribution is -2.49. The Morgan fingerprint density at radius 1 is 0.964 bits per heavy atom. The van der Waals surface area contributed by atoms with Crippen molar-refractivity contribution in [2.45, 2.75) is 6.92 Å². The molecule has 0 bridgehead atoms. The number of aryl methyl sites for hydroxylation is 1. The van der Waals surface area contributed by atoms with Crippen LogP contribution in [0.15, 0.2) is 34.8 Å². The first-order valence-electron chi connectivity index (χ1n) is 9.58. The second-order valence-corrected chi connectivity index (χ2v) is 7.97. The van der Waals surface area contributed by atoms with Crippen LogP contribution in [0.5, 0.6) is 0 Å². The number of nitrogens with zero attached hydrogens (tertiary/aromatic N) is 5. The molecule has 2 fully saturated rings. The molecule has 0 N–H and O–H groups in total. The minimum Gasteiger partial charge on any atom is -0.378 e. The Hall–Kier alpha value is -2.19. The first-order chi connectivity index (χ1) is 13.6. The molecule has 0 aliphatic carbocycles. The van der Waals surface area contributed by atoms with Crippen molar-refractivity contribution in [2.75, 3.05) is 62.3 Å². The highest BCUT2D eigenvalue weighted by Gasteiger charge is 2.24. The molecule has 0 unspecified atom stereocenters. The van der Waals surface area contributed by atoms with Gasteiger partial charge in [-0.2, -0.15) is 4.98 Å². The van der Waals surface area contributed by atoms with Crippen LogP contribution in [0.25, 0.3) is 0 Å². The van der Waals surface area contributed by atoms with E-state index in [1.54, 1.807) is 0 Å². The standard InChI is InChI=1S/C20H24BrN5O2/c1-15-14-18(23-20(22-15)26-10-12-28-13-11-26)24-6-8-25(9-7-24)19(27)16-2-4-17(21)5-3-16/h2-5,14H,6-13H2,1H3. The summed E-state index contributed by atoms with van der Waals surface area (Å²) in [4.78, 5) is 28.4. The molecule has 2 aliphatic heterocycles. The molecule has 2 aromatic rings. The van der Waals surface area contributed by atoms with Crippen LogP contribution < -0.4 is 9.80 Å². The van der Waals surface area contributed by atoms with E-state index in [4.69, 9.17) is 9.72 Å². The molecule has 2 aliphatic rings. The number of amides is 1. The van der Waals surface area contributed by atoms with E-state index in [-0.39, 0.29) is 5.91 Å². The zero-order chi connectivity index (χ0) is 19.5. The molecular formula is C20H24BrN5O2. The minimum atomic E-state index is 0.0834. The van der Waals surface area contributed by atoms with Crippen molar-refractivity contribution in [3.8, 4) is 0 Å². The number of carbonyl (C=O) groups excluding carboxylic acids is 1. The highest BCUT2D eigenvalue weighted by atomic mass is 79.9. The van der Waals surface area contributed by atoms with E-state index < -0.39 is 0 Å². The van der Waals surface area contributed by atoms with Gasteiger partial charge in [0.15, 0.2) is 0 Å². The quantitative estimate of drug-likeness (QED) is 0.722. The normalized spacial score (nSPS) is 17.7. The smallest absolute Gasteiger partial charge is 0.253 e. The zero-order valence-corrected chi connectivity index (χ0v) is 17.6. The number of hydrogen-bond acceptors (Lipinski definition) is 6. The van der Waals surface area contributed by atoms with E-state index in [0.29, 0.717) is 26.3 Å². The van der Waals surface area contributed by atoms with Crippen molar-refractivity contribution >= 4 is 33.6 Å². The van der Waals surface area contributed by atoms with Crippen molar-refractivity contribution < 1.29 is 9.53 Å². The van der Waals surface area contributed by atoms with Gasteiger partial charge in [-0.3, -0.25) is 4.79 Å². The molecule has 0 radical (unpaired) electrons. The Labute approximate surface area is 173 Å². The molecule has 2 saturated heterocycles. The summed E-state index contributed by atoms with van der Waals surface area (Å²) in [5, 5.41) is 0. The Morgan fingerprint density at radius 3 is 2.32 bits per heavy atom. The fourth-order valence-corrected chi connectivity index (χ4v) is 3.78. The third-order valence-corrected chi connectivity index (χ3v) is 5.63. The topological polar surface area (TPSA) is 61.8 Å². The Kier molecular flexibility index (Phi) is 5.77. The van der Waals surface area contributed by atoms with Crippen LogP contribution in [0.1, 0.15) is 16.1 Å². The minimum absolute atomic E-state index is 0.0834. The zero-order valence-electron chi connectivity index (χ0n) is 16.0. The summed E-state index contributed by atoms with van der Waals surface area (Å²) < 4.78 is 6.40. The lowest BCUT2D eigenvalue weighted by molar-refractivity contribution is 0.0746. The highest BCUT2D eigenvalue weighted by molar-refractivity contribution is 9.10. The lowest BCUT2D eigenvalue weighted by atomic mass is 10.2. The van der Waals surface area contributed by atoms with Crippen LogP contribution in [-0.4, -0.2) is 73.3 Å². The van der Waals surface area contributed by atoms with Crippen molar-refractivity contribution in [2.24, 2.45) is 0 Å². The molecule has 148 valence electrons. The second kappa shape index (κ2) is 8.45. The molecule has 28 heavy (non-hydrogen) atoms. The summed E-state index contributed by atoms with van der Waals surface area (Å²) in [7, 11) is 0. The molecule has 0 atom stereocenters. The molecule has 3 heterocycles. The monoisotopic (exact) mass is 445 g/mol. The second-order valence-electron chi connectivity index (χ2n) is 7.05. The van der Waals surface area contributed by atoms with Gasteiger partial charge in [-0.15, -0.1) is 0 Å². The summed E-state index contributed by atoms with van der Waals surface area (Å²) in [5.41, 5.74) is 1.68. The van der Waals surface area contributed by atoms with Gasteiger partial charge in [-0.25, -0.2) is 4.98 Å². The predicted octanol–water partition coefficient (Wildman–Crippen LogP) is 2.35. The van der Waals surface area contributed by atoms with E-state index in [0.717, 1.165) is 53.7 Å². The molecule has 0 spiro atoms. The molecule has 4 rings (SSSR count). The van der Waals surface area contributed by atoms with Crippen LogP contribution in [0.2, 0.25) is 0 Å². The Bertz CT molecular complexity index is 831. The number of hydrogen-bond donors (Lipinski definition) is 0. The average molecular weight is 446 g/mol. The number of morpholine rings is 1. The van der Waals surface area contributed by atoms with Crippen molar-refractivity contribution in [3.63, 3.8) is 0 Å². The molecular weight excluding hydrogens is 422 g/mol. The van der Waals surface area contributed by atoms with E-state index in [2.05, 4.69) is 30.7 Å². The van der Waals surface area contributed by atoms with Crippen molar-refractivity contribution in [1.29, 1.82) is 0 Å². The molecule has 1 aromatic heterocycles. The van der Waals surface area contributed by atoms with Crippen LogP contribution >= 0.6 is 15.9 Å². The number of carbonyl (C=O) groups is 1. The van der Waals surface area contributed by atoms with Crippen LogP contribution in [0, 0.1) is 6.92 Å². The maximum Gasteiger partial charge on any atom is 0.253 e. The summed E-state index contributed by atoms with van der Waals surface area (Å²) >= 11 is 3.41. The van der Waals surface area contributed by atoms with Gasteiger partial charge in [0.2, 0.25) is 5.95 Å². The maximum atomic E-state index is 12.7. The molecule has 7 nitrogen and oxygen atoms in total. The number of halogens is 1. The highest BCUT2D eigenvalue weighted by Crippen LogP contribution is 2.21. The summed E-state index contributed by atoms with van der Waals surface area (Å²) in [6.45, 7) is 7.96. The average Bonchev–Trinajstić information content (AvgIpc) is 2.74. The van der Waals surface area contributed by atoms with Gasteiger partial charge in [-0.05, 0) is 31.2 Å². The summed E-state index contributed by atoms with van der Waals surface area (Å²) in [6.07, 6.45) is 0. The van der Waals surface area contributed by atoms with E-state index in [1.165, 1.54) is 0 Å². The first kappa shape index (κ1) is 19.1.